The van der Waals surface area contributed by atoms with Crippen molar-refractivity contribution in [2.75, 3.05) is 13.6 Å². The Kier molecular flexibility index (Phi) is 5.52. The van der Waals surface area contributed by atoms with Crippen molar-refractivity contribution in [2.24, 2.45) is 5.10 Å². The topological polar surface area (TPSA) is 53.0 Å². The van der Waals surface area contributed by atoms with Crippen molar-refractivity contribution in [1.29, 1.82) is 0 Å². The van der Waals surface area contributed by atoms with Gasteiger partial charge in [-0.3, -0.25) is 9.59 Å². The molecule has 2 aromatic rings. The highest BCUT2D eigenvalue weighted by atomic mass is 32.1. The Balaban J connectivity index is 1.86. The molecule has 5 nitrogen and oxygen atoms in total. The van der Waals surface area contributed by atoms with Crippen molar-refractivity contribution in [3.8, 4) is 0 Å². The zero-order valence-electron chi connectivity index (χ0n) is 15.3. The number of thiophene rings is 1. The lowest BCUT2D eigenvalue weighted by Gasteiger charge is -2.24. The zero-order chi connectivity index (χ0) is 18.7. The smallest absolute Gasteiger partial charge is 0.262 e. The van der Waals surface area contributed by atoms with E-state index in [1.807, 2.05) is 48.7 Å². The monoisotopic (exact) mass is 369 g/mol. The Bertz CT molecular complexity index is 812. The van der Waals surface area contributed by atoms with Crippen molar-refractivity contribution in [2.45, 2.75) is 32.7 Å². The van der Waals surface area contributed by atoms with E-state index in [1.165, 1.54) is 10.5 Å². The number of benzene rings is 1. The summed E-state index contributed by atoms with van der Waals surface area (Å²) in [7, 11) is 1.66. The largest absolute Gasteiger partial charge is 0.336 e. The molecule has 0 aliphatic carbocycles. The summed E-state index contributed by atoms with van der Waals surface area (Å²) in [5.74, 6) is -0.210. The van der Waals surface area contributed by atoms with Crippen molar-refractivity contribution in [1.82, 2.24) is 9.91 Å². The molecule has 0 spiro atoms. The van der Waals surface area contributed by atoms with Crippen LogP contribution in [0.15, 0.2) is 46.9 Å². The first-order chi connectivity index (χ1) is 12.5. The minimum atomic E-state index is -0.161. The van der Waals surface area contributed by atoms with Gasteiger partial charge in [-0.1, -0.05) is 42.8 Å². The maximum Gasteiger partial charge on any atom is 0.262 e. The number of hydrogen-bond donors (Lipinski definition) is 0. The zero-order valence-corrected chi connectivity index (χ0v) is 16.1. The summed E-state index contributed by atoms with van der Waals surface area (Å²) in [4.78, 5) is 27.2. The van der Waals surface area contributed by atoms with Gasteiger partial charge >= 0.3 is 0 Å². The molecule has 1 aliphatic rings. The van der Waals surface area contributed by atoms with Gasteiger partial charge in [0.2, 0.25) is 5.91 Å². The number of hydrazone groups is 1. The number of rotatable bonds is 5. The Morgan fingerprint density at radius 2 is 2.00 bits per heavy atom. The Hall–Kier alpha value is -2.47. The number of nitrogens with zero attached hydrogens (tertiary/aromatic N) is 3. The predicted octanol–water partition coefficient (Wildman–Crippen LogP) is 3.60. The first kappa shape index (κ1) is 18.3. The average Bonchev–Trinajstić information content (AvgIpc) is 3.31. The maximum absolute atomic E-state index is 12.9. The highest BCUT2D eigenvalue weighted by Crippen LogP contribution is 2.34. The van der Waals surface area contributed by atoms with E-state index < -0.39 is 0 Å². The van der Waals surface area contributed by atoms with Gasteiger partial charge in [-0.15, -0.1) is 11.3 Å². The molecular weight excluding hydrogens is 346 g/mol. The molecule has 0 N–H and O–H groups in total. The molecule has 2 amide bonds. The summed E-state index contributed by atoms with van der Waals surface area (Å²) < 4.78 is 0. The van der Waals surface area contributed by atoms with E-state index in [2.05, 4.69) is 5.10 Å². The van der Waals surface area contributed by atoms with Crippen LogP contribution in [0, 0.1) is 6.92 Å². The van der Waals surface area contributed by atoms with Crippen LogP contribution in [0.25, 0.3) is 0 Å². The van der Waals surface area contributed by atoms with E-state index in [-0.39, 0.29) is 24.4 Å². The van der Waals surface area contributed by atoms with Crippen LogP contribution in [0.3, 0.4) is 0 Å². The minimum Gasteiger partial charge on any atom is -0.336 e. The third-order valence-electron chi connectivity index (χ3n) is 4.53. The molecule has 26 heavy (non-hydrogen) atoms. The Morgan fingerprint density at radius 3 is 2.62 bits per heavy atom. The highest BCUT2D eigenvalue weighted by Gasteiger charge is 2.34. The molecule has 0 radical (unpaired) electrons. The van der Waals surface area contributed by atoms with Crippen LogP contribution in [-0.2, 0) is 9.59 Å². The quantitative estimate of drug-likeness (QED) is 0.808. The van der Waals surface area contributed by atoms with E-state index in [4.69, 9.17) is 0 Å². The summed E-state index contributed by atoms with van der Waals surface area (Å²) in [5, 5.41) is 8.19. The van der Waals surface area contributed by atoms with Gasteiger partial charge in [-0.2, -0.15) is 5.10 Å². The van der Waals surface area contributed by atoms with Crippen LogP contribution in [0.1, 0.15) is 41.8 Å². The van der Waals surface area contributed by atoms with Crippen LogP contribution in [0.5, 0.6) is 0 Å². The second-order valence-corrected chi connectivity index (χ2v) is 7.44. The molecule has 136 valence electrons. The highest BCUT2D eigenvalue weighted by molar-refractivity contribution is 7.12. The van der Waals surface area contributed by atoms with E-state index in [1.54, 1.807) is 30.3 Å². The number of aryl methyl sites for hydroxylation is 1. The summed E-state index contributed by atoms with van der Waals surface area (Å²) >= 11 is 1.62. The summed E-state index contributed by atoms with van der Waals surface area (Å²) in [6.45, 7) is 3.87. The molecule has 1 unspecified atom stereocenters. The molecule has 0 bridgehead atoms. The average molecular weight is 369 g/mol. The van der Waals surface area contributed by atoms with Gasteiger partial charge in [-0.05, 0) is 23.9 Å². The fourth-order valence-electron chi connectivity index (χ4n) is 3.01. The number of likely N-dealkylation sites (N-methyl/N-ethyl adjacent to an activating group) is 1. The van der Waals surface area contributed by atoms with Gasteiger partial charge in [0.05, 0.1) is 16.6 Å². The molecule has 0 saturated carbocycles. The van der Waals surface area contributed by atoms with Crippen LogP contribution in [-0.4, -0.2) is 41.0 Å². The normalized spacial score (nSPS) is 16.5. The minimum absolute atomic E-state index is 0.0380. The van der Waals surface area contributed by atoms with Crippen molar-refractivity contribution in [3.63, 3.8) is 0 Å². The van der Waals surface area contributed by atoms with Gasteiger partial charge in [0.15, 0.2) is 0 Å². The number of carbonyl (C=O) groups excluding carboxylic acids is 2. The van der Waals surface area contributed by atoms with Crippen molar-refractivity contribution >= 4 is 28.9 Å². The van der Waals surface area contributed by atoms with Crippen LogP contribution in [0.2, 0.25) is 0 Å². The lowest BCUT2D eigenvalue weighted by Crippen LogP contribution is -2.38. The summed E-state index contributed by atoms with van der Waals surface area (Å²) in [6.07, 6.45) is 1.07. The van der Waals surface area contributed by atoms with Crippen LogP contribution in [0.4, 0.5) is 0 Å². The first-order valence-corrected chi connectivity index (χ1v) is 9.61. The Morgan fingerprint density at radius 1 is 1.27 bits per heavy atom. The molecule has 1 aromatic carbocycles. The maximum atomic E-state index is 12.9. The van der Waals surface area contributed by atoms with E-state index in [0.29, 0.717) is 12.8 Å². The molecule has 0 saturated heterocycles. The van der Waals surface area contributed by atoms with Crippen molar-refractivity contribution < 1.29 is 9.59 Å². The third kappa shape index (κ3) is 3.85. The molecule has 6 heteroatoms. The van der Waals surface area contributed by atoms with E-state index in [0.717, 1.165) is 16.2 Å². The van der Waals surface area contributed by atoms with Crippen molar-refractivity contribution in [3.05, 3.63) is 57.8 Å². The fraction of sp³-hybridized carbons (Fsp3) is 0.350. The molecule has 3 rings (SSSR count). The molecule has 1 atom stereocenters. The molecule has 1 aromatic heterocycles. The Labute approximate surface area is 157 Å². The van der Waals surface area contributed by atoms with Gasteiger partial charge in [-0.25, -0.2) is 5.01 Å². The molecule has 0 fully saturated rings. The van der Waals surface area contributed by atoms with Gasteiger partial charge in [0, 0.05) is 19.9 Å². The van der Waals surface area contributed by atoms with Crippen LogP contribution >= 0.6 is 11.3 Å². The lowest BCUT2D eigenvalue weighted by molar-refractivity contribution is -0.140. The fourth-order valence-corrected chi connectivity index (χ4v) is 3.73. The summed E-state index contributed by atoms with van der Waals surface area (Å²) in [5.41, 5.74) is 3.16. The standard InChI is InChI=1S/C20H23N3O2S/c1-4-19(24)22(3)13-20(25)23-17(15-9-7-14(2)8-10-15)12-16(21-23)18-6-5-11-26-18/h5-11,17H,4,12-13H2,1-3H3. The third-order valence-corrected chi connectivity index (χ3v) is 5.45. The number of amides is 2. The van der Waals surface area contributed by atoms with Crippen LogP contribution < -0.4 is 0 Å². The summed E-state index contributed by atoms with van der Waals surface area (Å²) in [6, 6.07) is 12.1. The number of hydrogen-bond acceptors (Lipinski definition) is 4. The van der Waals surface area contributed by atoms with Gasteiger partial charge < -0.3 is 4.90 Å². The molecule has 2 heterocycles. The SMILES string of the molecule is CCC(=O)N(C)CC(=O)N1N=C(c2cccs2)CC1c1ccc(C)cc1. The second-order valence-electron chi connectivity index (χ2n) is 6.50. The first-order valence-electron chi connectivity index (χ1n) is 8.73. The second kappa shape index (κ2) is 7.83. The van der Waals surface area contributed by atoms with E-state index in [9.17, 15) is 9.59 Å². The lowest BCUT2D eigenvalue weighted by atomic mass is 10.00. The van der Waals surface area contributed by atoms with Gasteiger partial charge in [0.1, 0.15) is 6.54 Å². The number of carbonyl (C=O) groups is 2. The molecular formula is C20H23N3O2S. The van der Waals surface area contributed by atoms with E-state index >= 15 is 0 Å². The molecule has 1 aliphatic heterocycles. The predicted molar refractivity (Wildman–Crippen MR) is 104 cm³/mol. The van der Waals surface area contributed by atoms with Gasteiger partial charge in [0.25, 0.3) is 5.91 Å².